The number of hydrogen-bond acceptors (Lipinski definition) is 6. The first kappa shape index (κ1) is 30.3. The smallest absolute Gasteiger partial charge is 0.416 e. The molecule has 1 aromatic heterocycles. The highest BCUT2D eigenvalue weighted by molar-refractivity contribution is 6.31. The van der Waals surface area contributed by atoms with Crippen LogP contribution >= 0.6 is 11.6 Å². The number of benzene rings is 3. The highest BCUT2D eigenvalue weighted by Crippen LogP contribution is 2.28. The van der Waals surface area contributed by atoms with Crippen LogP contribution in [-0.4, -0.2) is 57.6 Å². The van der Waals surface area contributed by atoms with Gasteiger partial charge in [0.05, 0.1) is 37.2 Å². The summed E-state index contributed by atoms with van der Waals surface area (Å²) in [4.78, 5) is 54.6. The number of nitrogens with one attached hydrogen (secondary N) is 1. The average molecular weight is 591 g/mol. The van der Waals surface area contributed by atoms with Crippen molar-refractivity contribution in [3.63, 3.8) is 0 Å². The zero-order chi connectivity index (χ0) is 30.2. The maximum Gasteiger partial charge on any atom is 0.416 e. The van der Waals surface area contributed by atoms with E-state index in [2.05, 4.69) is 10.1 Å². The number of aromatic nitrogens is 2. The maximum atomic E-state index is 12.9. The van der Waals surface area contributed by atoms with E-state index in [1.54, 1.807) is 24.3 Å². The lowest BCUT2D eigenvalue weighted by atomic mass is 10.0. The van der Waals surface area contributed by atoms with E-state index in [1.807, 2.05) is 53.1 Å². The minimum atomic E-state index is -1.06. The van der Waals surface area contributed by atoms with Crippen LogP contribution in [0.3, 0.4) is 0 Å². The van der Waals surface area contributed by atoms with Crippen molar-refractivity contribution >= 4 is 46.5 Å². The van der Waals surface area contributed by atoms with Crippen LogP contribution in [-0.2, 0) is 27.3 Å². The number of carbonyl (C=O) groups excluding carboxylic acids is 3. The Hall–Kier alpha value is -4.70. The van der Waals surface area contributed by atoms with Crippen LogP contribution < -0.4 is 5.32 Å². The van der Waals surface area contributed by atoms with Crippen LogP contribution in [0.2, 0.25) is 5.02 Å². The molecule has 0 bridgehead atoms. The molecule has 0 aliphatic rings. The summed E-state index contributed by atoms with van der Waals surface area (Å²) in [5.74, 6) is -1.52. The number of aliphatic carboxylic acids is 1. The van der Waals surface area contributed by atoms with Gasteiger partial charge in [0.2, 0.25) is 5.91 Å². The number of fused-ring (bicyclic) bond motifs is 1. The van der Waals surface area contributed by atoms with Gasteiger partial charge in [0, 0.05) is 24.1 Å². The first-order valence-electron chi connectivity index (χ1n) is 13.3. The van der Waals surface area contributed by atoms with E-state index in [0.29, 0.717) is 41.3 Å². The number of nitrogens with zero attached hydrogens (tertiary/aromatic N) is 3. The van der Waals surface area contributed by atoms with Crippen LogP contribution in [0.1, 0.15) is 52.6 Å². The summed E-state index contributed by atoms with van der Waals surface area (Å²) < 4.78 is 6.60. The SMILES string of the molecule is COC(=O)N(C)C(=O)c1ccc2c(c1)nc(C(CCc1ccccc1)NC(=O)CCC(=O)O)n2Cc1ccccc1Cl. The van der Waals surface area contributed by atoms with Crippen molar-refractivity contribution < 1.29 is 29.0 Å². The van der Waals surface area contributed by atoms with Crippen LogP contribution in [0.15, 0.2) is 72.8 Å². The summed E-state index contributed by atoms with van der Waals surface area (Å²) in [5, 5.41) is 12.6. The van der Waals surface area contributed by atoms with E-state index < -0.39 is 29.9 Å². The number of amides is 3. The zero-order valence-corrected chi connectivity index (χ0v) is 24.0. The number of carboxylic acids is 1. The number of carbonyl (C=O) groups is 4. The molecule has 0 spiro atoms. The maximum absolute atomic E-state index is 12.9. The predicted molar refractivity (Wildman–Crippen MR) is 157 cm³/mol. The number of halogens is 1. The topological polar surface area (TPSA) is 131 Å². The standard InChI is InChI=1S/C31H31ClN4O6/c1-35(31(41)42-2)30(40)21-13-15-26-25(18-21)34-29(36(26)19-22-10-6-7-11-23(22)32)24(33-27(37)16-17-28(38)39)14-12-20-8-4-3-5-9-20/h3-11,13,15,18,24H,12,14,16-17,19H2,1-2H3,(H,33,37)(H,38,39). The summed E-state index contributed by atoms with van der Waals surface area (Å²) >= 11 is 6.51. The number of imidazole rings is 1. The van der Waals surface area contributed by atoms with Gasteiger partial charge in [-0.1, -0.05) is 60.1 Å². The molecule has 42 heavy (non-hydrogen) atoms. The van der Waals surface area contributed by atoms with Gasteiger partial charge < -0.3 is 19.7 Å². The molecule has 0 aliphatic carbocycles. The van der Waals surface area contributed by atoms with E-state index in [4.69, 9.17) is 21.7 Å². The fourth-order valence-electron chi connectivity index (χ4n) is 4.63. The molecular weight excluding hydrogens is 560 g/mol. The van der Waals surface area contributed by atoms with Gasteiger partial charge in [-0.2, -0.15) is 0 Å². The predicted octanol–water partition coefficient (Wildman–Crippen LogP) is 5.23. The molecule has 4 aromatic rings. The summed E-state index contributed by atoms with van der Waals surface area (Å²) in [7, 11) is 2.52. The Bertz CT molecular complexity index is 1600. The second-order valence-corrected chi connectivity index (χ2v) is 10.1. The molecule has 3 aromatic carbocycles. The number of methoxy groups -OCH3 is 1. The van der Waals surface area contributed by atoms with Crippen molar-refractivity contribution in [3.8, 4) is 0 Å². The first-order chi connectivity index (χ1) is 20.2. The Morgan fingerprint density at radius 2 is 1.74 bits per heavy atom. The summed E-state index contributed by atoms with van der Waals surface area (Å²) in [6, 6.07) is 21.5. The first-order valence-corrected chi connectivity index (χ1v) is 13.7. The number of aryl methyl sites for hydroxylation is 1. The molecule has 1 heterocycles. The monoisotopic (exact) mass is 590 g/mol. The lowest BCUT2D eigenvalue weighted by Crippen LogP contribution is -2.32. The molecule has 2 N–H and O–H groups in total. The minimum absolute atomic E-state index is 0.180. The molecule has 0 fully saturated rings. The minimum Gasteiger partial charge on any atom is -0.481 e. The number of imide groups is 1. The van der Waals surface area contributed by atoms with Crippen LogP contribution in [0.25, 0.3) is 11.0 Å². The Kier molecular flexibility index (Phi) is 9.93. The van der Waals surface area contributed by atoms with Crippen LogP contribution in [0.4, 0.5) is 4.79 Å². The van der Waals surface area contributed by atoms with Gasteiger partial charge in [0.1, 0.15) is 5.82 Å². The normalized spacial score (nSPS) is 11.6. The number of carboxylic acid groups (broad SMARTS) is 1. The Morgan fingerprint density at radius 3 is 2.43 bits per heavy atom. The molecule has 1 unspecified atom stereocenters. The lowest BCUT2D eigenvalue weighted by molar-refractivity contribution is -0.139. The van der Waals surface area contributed by atoms with Crippen molar-refractivity contribution in [2.24, 2.45) is 0 Å². The van der Waals surface area contributed by atoms with E-state index in [0.717, 1.165) is 16.0 Å². The second-order valence-electron chi connectivity index (χ2n) is 9.72. The molecule has 3 amide bonds. The quantitative estimate of drug-likeness (QED) is 0.244. The molecule has 0 saturated carbocycles. The second kappa shape index (κ2) is 13.8. The molecule has 11 heteroatoms. The van der Waals surface area contributed by atoms with Crippen molar-refractivity contribution in [1.29, 1.82) is 0 Å². The van der Waals surface area contributed by atoms with Gasteiger partial charge in [-0.3, -0.25) is 14.4 Å². The molecule has 0 aliphatic heterocycles. The molecule has 218 valence electrons. The van der Waals surface area contributed by atoms with Crippen molar-refractivity contribution in [1.82, 2.24) is 19.8 Å². The van der Waals surface area contributed by atoms with E-state index in [1.165, 1.54) is 14.2 Å². The zero-order valence-electron chi connectivity index (χ0n) is 23.2. The fraction of sp³-hybridized carbons (Fsp3) is 0.258. The molecule has 1 atom stereocenters. The number of rotatable bonds is 11. The molecule has 0 saturated heterocycles. The van der Waals surface area contributed by atoms with Gasteiger partial charge in [-0.05, 0) is 48.2 Å². The average Bonchev–Trinajstić information content (AvgIpc) is 3.35. The summed E-state index contributed by atoms with van der Waals surface area (Å²) in [6.07, 6.45) is -0.179. The number of ether oxygens (including phenoxy) is 1. The Morgan fingerprint density at radius 1 is 1.02 bits per heavy atom. The van der Waals surface area contributed by atoms with Crippen LogP contribution in [0.5, 0.6) is 0 Å². The highest BCUT2D eigenvalue weighted by Gasteiger charge is 2.25. The van der Waals surface area contributed by atoms with Gasteiger partial charge >= 0.3 is 12.1 Å². The van der Waals surface area contributed by atoms with E-state index >= 15 is 0 Å². The third-order valence-corrected chi connectivity index (χ3v) is 7.21. The van der Waals surface area contributed by atoms with Gasteiger partial charge in [-0.25, -0.2) is 14.7 Å². The lowest BCUT2D eigenvalue weighted by Gasteiger charge is -2.21. The van der Waals surface area contributed by atoms with Crippen LogP contribution in [0, 0.1) is 0 Å². The van der Waals surface area contributed by atoms with Gasteiger partial charge in [0.25, 0.3) is 5.91 Å². The molecule has 4 rings (SSSR count). The third-order valence-electron chi connectivity index (χ3n) is 6.84. The fourth-order valence-corrected chi connectivity index (χ4v) is 4.83. The Balaban J connectivity index is 1.79. The third kappa shape index (κ3) is 7.32. The molecular formula is C31H31ClN4O6. The van der Waals surface area contributed by atoms with Crippen molar-refractivity contribution in [3.05, 3.63) is 100 Å². The Labute approximate surface area is 247 Å². The summed E-state index contributed by atoms with van der Waals surface area (Å²) in [5.41, 5.74) is 3.28. The van der Waals surface area contributed by atoms with E-state index in [-0.39, 0.29) is 18.4 Å². The highest BCUT2D eigenvalue weighted by atomic mass is 35.5. The van der Waals surface area contributed by atoms with E-state index in [9.17, 15) is 19.2 Å². The molecule has 10 nitrogen and oxygen atoms in total. The van der Waals surface area contributed by atoms with Crippen molar-refractivity contribution in [2.45, 2.75) is 38.3 Å². The molecule has 0 radical (unpaired) electrons. The van der Waals surface area contributed by atoms with Crippen molar-refractivity contribution in [2.75, 3.05) is 14.2 Å². The van der Waals surface area contributed by atoms with Gasteiger partial charge in [-0.15, -0.1) is 0 Å². The van der Waals surface area contributed by atoms with Gasteiger partial charge in [0.15, 0.2) is 0 Å². The largest absolute Gasteiger partial charge is 0.481 e. The summed E-state index contributed by atoms with van der Waals surface area (Å²) in [6.45, 7) is 0.327. The number of hydrogen-bond donors (Lipinski definition) is 2.